The van der Waals surface area contributed by atoms with Gasteiger partial charge >= 0.3 is 0 Å². The molecule has 0 unspecified atom stereocenters. The van der Waals surface area contributed by atoms with Crippen LogP contribution in [0.5, 0.6) is 0 Å². The van der Waals surface area contributed by atoms with Gasteiger partial charge in [0, 0.05) is 42.9 Å². The molecule has 206 valence electrons. The molecule has 0 bridgehead atoms. The first-order chi connectivity index (χ1) is 23.9. The van der Waals surface area contributed by atoms with Crippen molar-refractivity contribution in [2.45, 2.75) is 0 Å². The van der Waals surface area contributed by atoms with Crippen molar-refractivity contribution in [3.8, 4) is 39.9 Å². The van der Waals surface area contributed by atoms with Crippen molar-refractivity contribution < 1.29 is 6.85 Å². The van der Waals surface area contributed by atoms with Crippen LogP contribution >= 0.6 is 11.3 Å². The minimum absolute atomic E-state index is 0.0185. The van der Waals surface area contributed by atoms with E-state index >= 15 is 0 Å². The van der Waals surface area contributed by atoms with E-state index in [9.17, 15) is 0 Å². The molecule has 0 atom stereocenters. The molecule has 0 spiro atoms. The van der Waals surface area contributed by atoms with Crippen LogP contribution in [0.15, 0.2) is 145 Å². The molecule has 44 heavy (non-hydrogen) atoms. The summed E-state index contributed by atoms with van der Waals surface area (Å²) < 4.78 is 46.4. The van der Waals surface area contributed by atoms with Crippen LogP contribution < -0.4 is 0 Å². The molecule has 0 saturated heterocycles. The molecule has 5 heteroatoms. The van der Waals surface area contributed by atoms with E-state index in [1.165, 1.54) is 10.8 Å². The average molecular weight is 586 g/mol. The van der Waals surface area contributed by atoms with Gasteiger partial charge in [0.1, 0.15) is 0 Å². The number of thiophene rings is 1. The van der Waals surface area contributed by atoms with E-state index < -0.39 is 18.1 Å². The number of hydrogen-bond acceptors (Lipinski definition) is 4. The summed E-state index contributed by atoms with van der Waals surface area (Å²) in [4.78, 5) is 14.4. The predicted octanol–water partition coefficient (Wildman–Crippen LogP) is 10.3. The van der Waals surface area contributed by atoms with Gasteiger partial charge in [0.05, 0.1) is 28.3 Å². The van der Waals surface area contributed by atoms with Crippen LogP contribution in [0.2, 0.25) is 0 Å². The Morgan fingerprint density at radius 3 is 1.77 bits per heavy atom. The molecule has 0 N–H and O–H groups in total. The van der Waals surface area contributed by atoms with E-state index in [2.05, 4.69) is 82.3 Å². The standard InChI is InChI=1S/C39H24N4S/c1-3-13-25(14-4-1)37-40-38(26-15-5-2-6-16-26)42-39(41-37)31-21-11-19-29-30-20-12-24-34(36(30)44-35(29)31)43-32-22-9-7-17-27(32)28-18-8-10-23-33(28)43/h1-24H/i1D,3D,4D,13D,14D. The van der Waals surface area contributed by atoms with E-state index in [0.29, 0.717) is 11.6 Å². The maximum absolute atomic E-state index is 8.66. The van der Waals surface area contributed by atoms with Crippen LogP contribution in [0, 0.1) is 0 Å². The Balaban J connectivity index is 1.33. The van der Waals surface area contributed by atoms with Crippen LogP contribution in [-0.2, 0) is 0 Å². The van der Waals surface area contributed by atoms with Crippen LogP contribution in [0.4, 0.5) is 0 Å². The Morgan fingerprint density at radius 1 is 0.477 bits per heavy atom. The first-order valence-corrected chi connectivity index (χ1v) is 15.0. The second kappa shape index (κ2) is 9.97. The predicted molar refractivity (Wildman–Crippen MR) is 183 cm³/mol. The number of fused-ring (bicyclic) bond motifs is 6. The van der Waals surface area contributed by atoms with Gasteiger partial charge in [-0.1, -0.05) is 121 Å². The number of nitrogens with zero attached hydrogens (tertiary/aromatic N) is 4. The molecule has 3 aromatic heterocycles. The van der Waals surface area contributed by atoms with Crippen molar-refractivity contribution in [2.24, 2.45) is 0 Å². The molecule has 0 aliphatic rings. The van der Waals surface area contributed by atoms with Gasteiger partial charge in [-0.2, -0.15) is 0 Å². The normalized spacial score (nSPS) is 13.2. The van der Waals surface area contributed by atoms with Crippen LogP contribution in [-0.4, -0.2) is 19.5 Å². The Hall–Kier alpha value is -5.65. The molecule has 4 nitrogen and oxygen atoms in total. The molecule has 0 aliphatic carbocycles. The van der Waals surface area contributed by atoms with Crippen molar-refractivity contribution in [3.63, 3.8) is 0 Å². The van der Waals surface area contributed by atoms with E-state index in [1.54, 1.807) is 11.3 Å². The fraction of sp³-hybridized carbons (Fsp3) is 0. The number of rotatable bonds is 4. The molecule has 6 aromatic carbocycles. The quantitative estimate of drug-likeness (QED) is 0.206. The zero-order chi connectivity index (χ0) is 33.4. The lowest BCUT2D eigenvalue weighted by Crippen LogP contribution is -2.00. The smallest absolute Gasteiger partial charge is 0.165 e. The Labute approximate surface area is 264 Å². The van der Waals surface area contributed by atoms with Gasteiger partial charge in [-0.3, -0.25) is 0 Å². The van der Waals surface area contributed by atoms with E-state index in [1.807, 2.05) is 42.5 Å². The summed E-state index contributed by atoms with van der Waals surface area (Å²) in [6.45, 7) is 0. The highest BCUT2D eigenvalue weighted by Crippen LogP contribution is 2.43. The van der Waals surface area contributed by atoms with Crippen molar-refractivity contribution in [2.75, 3.05) is 0 Å². The molecule has 0 amide bonds. The van der Waals surface area contributed by atoms with Gasteiger partial charge in [-0.05, 0) is 24.3 Å². The average Bonchev–Trinajstić information content (AvgIpc) is 3.70. The van der Waals surface area contributed by atoms with Gasteiger partial charge in [0.25, 0.3) is 0 Å². The van der Waals surface area contributed by atoms with Crippen molar-refractivity contribution in [3.05, 3.63) is 145 Å². The SMILES string of the molecule is [2H]c1c([2H])c([2H])c(-c2nc(-c3ccccc3)nc(-c3cccc4c3sc3c(-n5c6ccccc6c6ccccc65)cccc34)n2)c([2H])c1[2H]. The molecule has 0 radical (unpaired) electrons. The number of aromatic nitrogens is 4. The van der Waals surface area contributed by atoms with Gasteiger partial charge in [0.2, 0.25) is 0 Å². The number of hydrogen-bond donors (Lipinski definition) is 0. The van der Waals surface area contributed by atoms with E-state index in [-0.39, 0.29) is 23.5 Å². The summed E-state index contributed by atoms with van der Waals surface area (Å²) in [5.41, 5.74) is 4.74. The third kappa shape index (κ3) is 3.87. The molecular weight excluding hydrogens is 557 g/mol. The van der Waals surface area contributed by atoms with Crippen LogP contribution in [0.25, 0.3) is 81.8 Å². The maximum atomic E-state index is 8.66. The lowest BCUT2D eigenvalue weighted by molar-refractivity contribution is 1.08. The largest absolute Gasteiger partial charge is 0.308 e. The third-order valence-electron chi connectivity index (χ3n) is 7.96. The topological polar surface area (TPSA) is 43.6 Å². The van der Waals surface area contributed by atoms with Gasteiger partial charge in [-0.25, -0.2) is 15.0 Å². The van der Waals surface area contributed by atoms with E-state index in [4.69, 9.17) is 16.8 Å². The monoisotopic (exact) mass is 585 g/mol. The Bertz CT molecular complexity index is 2710. The second-order valence-corrected chi connectivity index (χ2v) is 11.5. The fourth-order valence-electron chi connectivity index (χ4n) is 6.03. The summed E-state index contributed by atoms with van der Waals surface area (Å²) in [7, 11) is 0. The van der Waals surface area contributed by atoms with Gasteiger partial charge < -0.3 is 4.57 Å². The number of para-hydroxylation sites is 2. The molecular formula is C39H24N4S. The molecule has 0 saturated carbocycles. The highest BCUT2D eigenvalue weighted by atomic mass is 32.1. The number of benzene rings is 6. The lowest BCUT2D eigenvalue weighted by atomic mass is 10.1. The van der Waals surface area contributed by atoms with Gasteiger partial charge in [0.15, 0.2) is 17.5 Å². The summed E-state index contributed by atoms with van der Waals surface area (Å²) in [5.74, 6) is 0.715. The molecule has 9 aromatic rings. The summed E-state index contributed by atoms with van der Waals surface area (Å²) in [5, 5.41) is 4.53. The van der Waals surface area contributed by atoms with Crippen LogP contribution in [0.1, 0.15) is 6.85 Å². The minimum atomic E-state index is -0.467. The van der Waals surface area contributed by atoms with E-state index in [0.717, 1.165) is 48.0 Å². The maximum Gasteiger partial charge on any atom is 0.165 e. The van der Waals surface area contributed by atoms with Crippen molar-refractivity contribution in [1.29, 1.82) is 0 Å². The summed E-state index contributed by atoms with van der Waals surface area (Å²) in [6.07, 6.45) is 0. The minimum Gasteiger partial charge on any atom is -0.308 e. The summed E-state index contributed by atoms with van der Waals surface area (Å²) in [6, 6.07) is 36.7. The zero-order valence-electron chi connectivity index (χ0n) is 28.2. The van der Waals surface area contributed by atoms with Crippen molar-refractivity contribution >= 4 is 53.3 Å². The zero-order valence-corrected chi connectivity index (χ0v) is 24.0. The molecule has 0 aliphatic heterocycles. The van der Waals surface area contributed by atoms with Crippen molar-refractivity contribution in [1.82, 2.24) is 19.5 Å². The highest BCUT2D eigenvalue weighted by Gasteiger charge is 2.19. The molecule has 9 rings (SSSR count). The highest BCUT2D eigenvalue weighted by molar-refractivity contribution is 7.26. The van der Waals surface area contributed by atoms with Gasteiger partial charge in [-0.15, -0.1) is 11.3 Å². The first kappa shape index (κ1) is 20.3. The Morgan fingerprint density at radius 2 is 1.05 bits per heavy atom. The third-order valence-corrected chi connectivity index (χ3v) is 9.23. The Kier molecular flexibility index (Phi) is 4.60. The first-order valence-electron chi connectivity index (χ1n) is 16.7. The molecule has 3 heterocycles. The summed E-state index contributed by atoms with van der Waals surface area (Å²) >= 11 is 1.66. The second-order valence-electron chi connectivity index (χ2n) is 10.5. The van der Waals surface area contributed by atoms with Crippen LogP contribution in [0.3, 0.4) is 0 Å². The fourth-order valence-corrected chi connectivity index (χ4v) is 7.34. The lowest BCUT2D eigenvalue weighted by Gasteiger charge is -2.09. The molecule has 0 fully saturated rings.